The van der Waals surface area contributed by atoms with Crippen molar-refractivity contribution in [3.05, 3.63) is 53.9 Å². The van der Waals surface area contributed by atoms with Crippen LogP contribution in [0.5, 0.6) is 5.75 Å². The molecule has 2 aromatic rings. The van der Waals surface area contributed by atoms with E-state index >= 15 is 0 Å². The largest absolute Gasteiger partial charge is 0.497 e. The van der Waals surface area contributed by atoms with Gasteiger partial charge in [-0.2, -0.15) is 0 Å². The molecule has 0 spiro atoms. The molecule has 0 radical (unpaired) electrons. The van der Waals surface area contributed by atoms with Crippen LogP contribution in [0.4, 0.5) is 5.69 Å². The number of hydrogen-bond donors (Lipinski definition) is 1. The van der Waals surface area contributed by atoms with Gasteiger partial charge in [0.05, 0.1) is 18.4 Å². The van der Waals surface area contributed by atoms with Crippen molar-refractivity contribution in [2.24, 2.45) is 0 Å². The Hall–Kier alpha value is -2.62. The van der Waals surface area contributed by atoms with E-state index in [0.29, 0.717) is 5.57 Å². The van der Waals surface area contributed by atoms with Crippen molar-refractivity contribution in [1.29, 1.82) is 0 Å². The topological polar surface area (TPSA) is 51.2 Å². The summed E-state index contributed by atoms with van der Waals surface area (Å²) >= 11 is 0. The predicted octanol–water partition coefficient (Wildman–Crippen LogP) is 2.97. The molecule has 100 valence electrons. The number of allylic oxidation sites excluding steroid dienone is 1. The number of anilines is 1. The minimum absolute atomic E-state index is 0.101. The molecule has 1 amide bonds. The summed E-state index contributed by atoms with van der Waals surface area (Å²) < 4.78 is 5.23. The Morgan fingerprint density at radius 2 is 2.10 bits per heavy atom. The van der Waals surface area contributed by atoms with Gasteiger partial charge in [-0.3, -0.25) is 9.78 Å². The van der Waals surface area contributed by atoms with Crippen molar-refractivity contribution >= 4 is 22.7 Å². The second kappa shape index (κ2) is 4.81. The monoisotopic (exact) mass is 266 g/mol. The van der Waals surface area contributed by atoms with Crippen molar-refractivity contribution in [1.82, 2.24) is 4.98 Å². The molecule has 1 N–H and O–H groups in total. The van der Waals surface area contributed by atoms with Gasteiger partial charge in [0.2, 0.25) is 0 Å². The van der Waals surface area contributed by atoms with Crippen molar-refractivity contribution in [2.45, 2.75) is 6.92 Å². The minimum Gasteiger partial charge on any atom is -0.497 e. The van der Waals surface area contributed by atoms with E-state index in [1.807, 2.05) is 43.3 Å². The molecule has 4 heteroatoms. The van der Waals surface area contributed by atoms with Crippen molar-refractivity contribution in [2.75, 3.05) is 12.4 Å². The van der Waals surface area contributed by atoms with E-state index < -0.39 is 0 Å². The highest BCUT2D eigenvalue weighted by molar-refractivity contribution is 6.36. The second-order valence-electron chi connectivity index (χ2n) is 4.58. The summed E-state index contributed by atoms with van der Waals surface area (Å²) in [5.41, 5.74) is 3.97. The molecule has 4 nitrogen and oxygen atoms in total. The number of rotatable bonds is 2. The third-order valence-electron chi connectivity index (χ3n) is 3.40. The van der Waals surface area contributed by atoms with E-state index in [9.17, 15) is 4.79 Å². The summed E-state index contributed by atoms with van der Waals surface area (Å²) in [5.74, 6) is 0.628. The number of pyridine rings is 1. The Morgan fingerprint density at radius 1 is 1.25 bits per heavy atom. The summed E-state index contributed by atoms with van der Waals surface area (Å²) in [6, 6.07) is 11.2. The van der Waals surface area contributed by atoms with Gasteiger partial charge >= 0.3 is 0 Å². The zero-order valence-electron chi connectivity index (χ0n) is 11.3. The number of methoxy groups -OCH3 is 1. The van der Waals surface area contributed by atoms with Crippen LogP contribution in [0.3, 0.4) is 0 Å². The van der Waals surface area contributed by atoms with E-state index in [-0.39, 0.29) is 5.91 Å². The van der Waals surface area contributed by atoms with Gasteiger partial charge in [0.25, 0.3) is 5.91 Å². The Morgan fingerprint density at radius 3 is 2.80 bits per heavy atom. The Kier molecular flexibility index (Phi) is 2.99. The summed E-state index contributed by atoms with van der Waals surface area (Å²) in [6.45, 7) is 1.91. The number of carbonyl (C=O) groups excluding carboxylic acids is 1. The van der Waals surface area contributed by atoms with Gasteiger partial charge in [0.15, 0.2) is 0 Å². The first-order valence-corrected chi connectivity index (χ1v) is 6.33. The van der Waals surface area contributed by atoms with E-state index in [4.69, 9.17) is 4.74 Å². The molecule has 1 aliphatic heterocycles. The Labute approximate surface area is 117 Å². The fraction of sp³-hybridized carbons (Fsp3) is 0.125. The van der Waals surface area contributed by atoms with Crippen LogP contribution >= 0.6 is 0 Å². The van der Waals surface area contributed by atoms with Crippen molar-refractivity contribution in [3.8, 4) is 5.75 Å². The van der Waals surface area contributed by atoms with Gasteiger partial charge in [-0.05, 0) is 42.8 Å². The van der Waals surface area contributed by atoms with Crippen LogP contribution in [0.2, 0.25) is 0 Å². The molecule has 1 aliphatic rings. The van der Waals surface area contributed by atoms with Gasteiger partial charge in [0.1, 0.15) is 5.75 Å². The third kappa shape index (κ3) is 1.95. The van der Waals surface area contributed by atoms with E-state index in [1.165, 1.54) is 0 Å². The number of aromatic nitrogens is 1. The number of benzene rings is 1. The normalized spacial score (nSPS) is 15.6. The first-order chi connectivity index (χ1) is 9.70. The highest BCUT2D eigenvalue weighted by Gasteiger charge is 2.27. The fourth-order valence-corrected chi connectivity index (χ4v) is 2.36. The predicted molar refractivity (Wildman–Crippen MR) is 78.3 cm³/mol. The second-order valence-corrected chi connectivity index (χ2v) is 4.58. The van der Waals surface area contributed by atoms with Gasteiger partial charge in [-0.15, -0.1) is 0 Å². The summed E-state index contributed by atoms with van der Waals surface area (Å²) in [7, 11) is 1.61. The molecule has 0 unspecified atom stereocenters. The summed E-state index contributed by atoms with van der Waals surface area (Å²) in [6.07, 6.45) is 1.72. The average Bonchev–Trinajstić information content (AvgIpc) is 2.82. The summed E-state index contributed by atoms with van der Waals surface area (Å²) in [4.78, 5) is 16.5. The lowest BCUT2D eigenvalue weighted by molar-refractivity contribution is -0.110. The Balaban J connectivity index is 2.18. The Bertz CT molecular complexity index is 706. The van der Waals surface area contributed by atoms with Crippen molar-refractivity contribution in [3.63, 3.8) is 0 Å². The molecule has 2 heterocycles. The lowest BCUT2D eigenvalue weighted by Crippen LogP contribution is -2.05. The number of fused-ring (bicyclic) bond motifs is 1. The van der Waals surface area contributed by atoms with E-state index in [1.54, 1.807) is 13.3 Å². The maximum absolute atomic E-state index is 12.2. The van der Waals surface area contributed by atoms with Crippen molar-refractivity contribution < 1.29 is 9.53 Å². The van der Waals surface area contributed by atoms with Crippen LogP contribution in [0.25, 0.3) is 11.1 Å². The first-order valence-electron chi connectivity index (χ1n) is 6.33. The highest BCUT2D eigenvalue weighted by atomic mass is 16.5. The molecule has 0 fully saturated rings. The SMILES string of the molecule is COc1ccc2c(c1)/C(=C(\C)c1ccccn1)C(=O)N2. The molecule has 0 bridgehead atoms. The quantitative estimate of drug-likeness (QED) is 0.850. The average molecular weight is 266 g/mol. The van der Waals surface area contributed by atoms with Crippen LogP contribution in [0.1, 0.15) is 18.2 Å². The van der Waals surface area contributed by atoms with Crippen LogP contribution in [-0.2, 0) is 4.79 Å². The van der Waals surface area contributed by atoms with Gasteiger partial charge < -0.3 is 10.1 Å². The molecule has 1 aromatic carbocycles. The van der Waals surface area contributed by atoms with Gasteiger partial charge in [0, 0.05) is 17.4 Å². The number of hydrogen-bond acceptors (Lipinski definition) is 3. The lowest BCUT2D eigenvalue weighted by atomic mass is 9.99. The zero-order valence-corrected chi connectivity index (χ0v) is 11.3. The van der Waals surface area contributed by atoms with Crippen LogP contribution in [0, 0.1) is 0 Å². The van der Waals surface area contributed by atoms with Crippen LogP contribution in [0.15, 0.2) is 42.6 Å². The smallest absolute Gasteiger partial charge is 0.256 e. The molecule has 0 atom stereocenters. The number of amides is 1. The lowest BCUT2D eigenvalue weighted by Gasteiger charge is -2.06. The molecule has 0 aliphatic carbocycles. The third-order valence-corrected chi connectivity index (χ3v) is 3.40. The number of ether oxygens (including phenoxy) is 1. The fourth-order valence-electron chi connectivity index (χ4n) is 2.36. The van der Waals surface area contributed by atoms with Gasteiger partial charge in [-0.1, -0.05) is 6.07 Å². The molecule has 20 heavy (non-hydrogen) atoms. The maximum atomic E-state index is 12.2. The minimum atomic E-state index is -0.101. The molecule has 0 saturated heterocycles. The van der Waals surface area contributed by atoms with Crippen LogP contribution < -0.4 is 10.1 Å². The maximum Gasteiger partial charge on any atom is 0.256 e. The van der Waals surface area contributed by atoms with E-state index in [0.717, 1.165) is 28.3 Å². The molecular formula is C16H14N2O2. The molecule has 1 aromatic heterocycles. The van der Waals surface area contributed by atoms with Gasteiger partial charge in [-0.25, -0.2) is 0 Å². The summed E-state index contributed by atoms with van der Waals surface area (Å²) in [5, 5.41) is 2.87. The van der Waals surface area contributed by atoms with E-state index in [2.05, 4.69) is 10.3 Å². The highest BCUT2D eigenvalue weighted by Crippen LogP contribution is 2.38. The molecular weight excluding hydrogens is 252 g/mol. The number of carbonyl (C=O) groups is 1. The number of nitrogens with zero attached hydrogens (tertiary/aromatic N) is 1. The number of nitrogens with one attached hydrogen (secondary N) is 1. The molecule has 3 rings (SSSR count). The first kappa shape index (κ1) is 12.4. The molecule has 0 saturated carbocycles. The zero-order chi connectivity index (χ0) is 14.1. The van der Waals surface area contributed by atoms with Crippen LogP contribution in [-0.4, -0.2) is 18.0 Å². The standard InChI is InChI=1S/C16H14N2O2/c1-10(13-5-3-4-8-17-13)15-12-9-11(20-2)6-7-14(12)18-16(15)19/h3-9H,1-2H3,(H,18,19)/b15-10-.